The van der Waals surface area contributed by atoms with E-state index in [1.165, 1.54) is 11.3 Å². The maximum absolute atomic E-state index is 4.39. The van der Waals surface area contributed by atoms with Gasteiger partial charge in [-0.1, -0.05) is 18.2 Å². The Labute approximate surface area is 113 Å². The average Bonchev–Trinajstić information content (AvgIpc) is 2.57. The van der Waals surface area contributed by atoms with Gasteiger partial charge >= 0.3 is 0 Å². The Hall–Kier alpha value is -2.10. The summed E-state index contributed by atoms with van der Waals surface area (Å²) in [4.78, 5) is 13.4. The summed E-state index contributed by atoms with van der Waals surface area (Å²) >= 11 is 0. The smallest absolute Gasteiger partial charge is 0.225 e. The standard InChI is InChI=1S/C15H18N4/c1-12-10-18(2)14-7-4-3-6-13(14)11-19(12)15-16-8-5-9-17-15/h3-9,12H,10-11H2,1-2H3/t12-/m0/s1. The Morgan fingerprint density at radius 2 is 1.84 bits per heavy atom. The van der Waals surface area contributed by atoms with Crippen molar-refractivity contribution in [3.63, 3.8) is 0 Å². The van der Waals surface area contributed by atoms with Crippen molar-refractivity contribution in [1.82, 2.24) is 9.97 Å². The molecule has 0 N–H and O–H groups in total. The summed E-state index contributed by atoms with van der Waals surface area (Å²) in [5, 5.41) is 0. The van der Waals surface area contributed by atoms with Crippen molar-refractivity contribution in [1.29, 1.82) is 0 Å². The summed E-state index contributed by atoms with van der Waals surface area (Å²) in [5.74, 6) is 0.806. The molecule has 19 heavy (non-hydrogen) atoms. The van der Waals surface area contributed by atoms with E-state index in [4.69, 9.17) is 0 Å². The van der Waals surface area contributed by atoms with Gasteiger partial charge in [-0.2, -0.15) is 0 Å². The third kappa shape index (κ3) is 2.26. The van der Waals surface area contributed by atoms with E-state index in [1.807, 2.05) is 6.07 Å². The first-order valence-electron chi connectivity index (χ1n) is 6.58. The summed E-state index contributed by atoms with van der Waals surface area (Å²) in [7, 11) is 2.14. The van der Waals surface area contributed by atoms with Gasteiger partial charge in [-0.25, -0.2) is 9.97 Å². The van der Waals surface area contributed by atoms with Gasteiger partial charge in [0.1, 0.15) is 0 Å². The van der Waals surface area contributed by atoms with Gasteiger partial charge in [0.15, 0.2) is 0 Å². The molecule has 3 rings (SSSR count). The number of fused-ring (bicyclic) bond motifs is 1. The molecular weight excluding hydrogens is 236 g/mol. The summed E-state index contributed by atoms with van der Waals surface area (Å²) in [6.45, 7) is 4.04. The predicted octanol–water partition coefficient (Wildman–Crippen LogP) is 2.32. The van der Waals surface area contributed by atoms with Crippen LogP contribution in [0.25, 0.3) is 0 Å². The topological polar surface area (TPSA) is 32.3 Å². The van der Waals surface area contributed by atoms with Crippen molar-refractivity contribution in [2.75, 3.05) is 23.4 Å². The molecule has 0 amide bonds. The van der Waals surface area contributed by atoms with Crippen molar-refractivity contribution in [2.45, 2.75) is 19.5 Å². The molecule has 1 aromatic heterocycles. The van der Waals surface area contributed by atoms with Crippen molar-refractivity contribution >= 4 is 11.6 Å². The van der Waals surface area contributed by atoms with Crippen molar-refractivity contribution < 1.29 is 0 Å². The minimum absolute atomic E-state index is 0.375. The number of rotatable bonds is 1. The molecule has 4 heteroatoms. The molecule has 0 radical (unpaired) electrons. The molecule has 0 spiro atoms. The lowest BCUT2D eigenvalue weighted by Crippen LogP contribution is -2.39. The highest BCUT2D eigenvalue weighted by molar-refractivity contribution is 5.56. The van der Waals surface area contributed by atoms with E-state index >= 15 is 0 Å². The molecule has 2 heterocycles. The molecule has 0 aliphatic carbocycles. The van der Waals surface area contributed by atoms with Crippen molar-refractivity contribution in [2.24, 2.45) is 0 Å². The molecule has 0 saturated heterocycles. The third-order valence-corrected chi connectivity index (χ3v) is 3.62. The minimum Gasteiger partial charge on any atom is -0.372 e. The molecule has 1 aliphatic heterocycles. The Morgan fingerprint density at radius 3 is 2.63 bits per heavy atom. The number of hydrogen-bond acceptors (Lipinski definition) is 4. The first-order valence-corrected chi connectivity index (χ1v) is 6.58. The first-order chi connectivity index (χ1) is 9.25. The molecule has 4 nitrogen and oxygen atoms in total. The lowest BCUT2D eigenvalue weighted by atomic mass is 10.1. The monoisotopic (exact) mass is 254 g/mol. The second-order valence-electron chi connectivity index (χ2n) is 5.03. The lowest BCUT2D eigenvalue weighted by molar-refractivity contribution is 0.627. The van der Waals surface area contributed by atoms with Crippen LogP contribution in [-0.4, -0.2) is 29.6 Å². The van der Waals surface area contributed by atoms with E-state index in [0.717, 1.165) is 19.0 Å². The summed E-state index contributed by atoms with van der Waals surface area (Å²) in [6.07, 6.45) is 3.60. The van der Waals surface area contributed by atoms with Crippen LogP contribution >= 0.6 is 0 Å². The fourth-order valence-electron chi connectivity index (χ4n) is 2.66. The van der Waals surface area contributed by atoms with E-state index in [1.54, 1.807) is 12.4 Å². The van der Waals surface area contributed by atoms with Crippen LogP contribution in [-0.2, 0) is 6.54 Å². The van der Waals surface area contributed by atoms with Crippen LogP contribution < -0.4 is 9.80 Å². The minimum atomic E-state index is 0.375. The van der Waals surface area contributed by atoms with Crippen LogP contribution in [0.1, 0.15) is 12.5 Å². The van der Waals surface area contributed by atoms with Gasteiger partial charge in [-0.15, -0.1) is 0 Å². The Balaban J connectivity index is 2.00. The fourth-order valence-corrected chi connectivity index (χ4v) is 2.66. The van der Waals surface area contributed by atoms with Gasteiger partial charge in [0.2, 0.25) is 5.95 Å². The van der Waals surface area contributed by atoms with E-state index in [-0.39, 0.29) is 0 Å². The Morgan fingerprint density at radius 1 is 1.11 bits per heavy atom. The highest BCUT2D eigenvalue weighted by Gasteiger charge is 2.24. The van der Waals surface area contributed by atoms with Crippen LogP contribution in [0.4, 0.5) is 11.6 Å². The number of para-hydroxylation sites is 1. The molecule has 1 aliphatic rings. The average molecular weight is 254 g/mol. The second-order valence-corrected chi connectivity index (χ2v) is 5.03. The van der Waals surface area contributed by atoms with Gasteiger partial charge in [0, 0.05) is 44.3 Å². The molecule has 0 bridgehead atoms. The lowest BCUT2D eigenvalue weighted by Gasteiger charge is -2.28. The molecule has 0 saturated carbocycles. The molecule has 1 atom stereocenters. The SMILES string of the molecule is C[C@H]1CN(C)c2ccccc2CN1c1ncccn1. The molecule has 2 aromatic rings. The van der Waals surface area contributed by atoms with E-state index in [9.17, 15) is 0 Å². The third-order valence-electron chi connectivity index (χ3n) is 3.62. The number of benzene rings is 1. The van der Waals surface area contributed by atoms with Crippen molar-refractivity contribution in [3.05, 3.63) is 48.3 Å². The molecular formula is C15H18N4. The zero-order valence-electron chi connectivity index (χ0n) is 11.3. The number of likely N-dealkylation sites (N-methyl/N-ethyl adjacent to an activating group) is 1. The number of hydrogen-bond donors (Lipinski definition) is 0. The number of aromatic nitrogens is 2. The van der Waals surface area contributed by atoms with Gasteiger partial charge in [0.25, 0.3) is 0 Å². The predicted molar refractivity (Wildman–Crippen MR) is 77.4 cm³/mol. The van der Waals surface area contributed by atoms with Gasteiger partial charge < -0.3 is 9.80 Å². The summed E-state index contributed by atoms with van der Waals surface area (Å²) in [5.41, 5.74) is 2.62. The van der Waals surface area contributed by atoms with Gasteiger partial charge in [-0.3, -0.25) is 0 Å². The van der Waals surface area contributed by atoms with Gasteiger partial charge in [-0.05, 0) is 24.6 Å². The van der Waals surface area contributed by atoms with Crippen molar-refractivity contribution in [3.8, 4) is 0 Å². The molecule has 0 unspecified atom stereocenters. The van der Waals surface area contributed by atoms with E-state index < -0.39 is 0 Å². The zero-order chi connectivity index (χ0) is 13.2. The number of nitrogens with zero attached hydrogens (tertiary/aromatic N) is 4. The molecule has 98 valence electrons. The van der Waals surface area contributed by atoms with Crippen LogP contribution in [0.2, 0.25) is 0 Å². The first kappa shape index (κ1) is 12.0. The normalized spacial score (nSPS) is 18.9. The van der Waals surface area contributed by atoms with E-state index in [0.29, 0.717) is 6.04 Å². The maximum Gasteiger partial charge on any atom is 0.225 e. The van der Waals surface area contributed by atoms with Crippen LogP contribution in [0, 0.1) is 0 Å². The number of anilines is 2. The second kappa shape index (κ2) is 4.88. The van der Waals surface area contributed by atoms with Gasteiger partial charge in [0.05, 0.1) is 0 Å². The Kier molecular flexibility index (Phi) is 3.07. The summed E-state index contributed by atoms with van der Waals surface area (Å²) in [6, 6.07) is 10.8. The fraction of sp³-hybridized carbons (Fsp3) is 0.333. The highest BCUT2D eigenvalue weighted by Crippen LogP contribution is 2.27. The highest BCUT2D eigenvalue weighted by atomic mass is 15.3. The molecule has 1 aromatic carbocycles. The zero-order valence-corrected chi connectivity index (χ0v) is 11.3. The van der Waals surface area contributed by atoms with E-state index in [2.05, 4.69) is 58.0 Å². The molecule has 0 fully saturated rings. The quantitative estimate of drug-likeness (QED) is 0.782. The van der Waals surface area contributed by atoms with Crippen LogP contribution in [0.5, 0.6) is 0 Å². The summed E-state index contributed by atoms with van der Waals surface area (Å²) < 4.78 is 0. The Bertz CT molecular complexity index is 555. The largest absolute Gasteiger partial charge is 0.372 e. The van der Waals surface area contributed by atoms with Crippen LogP contribution in [0.3, 0.4) is 0 Å². The van der Waals surface area contributed by atoms with Crippen LogP contribution in [0.15, 0.2) is 42.7 Å². The maximum atomic E-state index is 4.39.